The normalized spacial score (nSPS) is 11.3. The van der Waals surface area contributed by atoms with Gasteiger partial charge in [-0.05, 0) is 6.92 Å². The molecule has 0 bridgehead atoms. The first kappa shape index (κ1) is 11.2. The number of halogens is 1. The zero-order chi connectivity index (χ0) is 9.56. The fourth-order valence-electron chi connectivity index (χ4n) is 0.520. The molecule has 4 heteroatoms. The van der Waals surface area contributed by atoms with E-state index in [1.807, 2.05) is 0 Å². The van der Waals surface area contributed by atoms with Crippen molar-refractivity contribution in [2.24, 2.45) is 0 Å². The van der Waals surface area contributed by atoms with Crippen molar-refractivity contribution in [2.45, 2.75) is 6.92 Å². The van der Waals surface area contributed by atoms with Crippen LogP contribution in [0, 0.1) is 0 Å². The van der Waals surface area contributed by atoms with Crippen LogP contribution in [0.2, 0.25) is 0 Å². The number of hydrogen-bond donors (Lipinski definition) is 2. The highest BCUT2D eigenvalue weighted by Gasteiger charge is 1.97. The summed E-state index contributed by atoms with van der Waals surface area (Å²) >= 11 is 5.46. The Morgan fingerprint density at radius 3 is 2.75 bits per heavy atom. The summed E-state index contributed by atoms with van der Waals surface area (Å²) in [6.45, 7) is 6.00. The van der Waals surface area contributed by atoms with E-state index < -0.39 is 5.97 Å². The van der Waals surface area contributed by atoms with Crippen molar-refractivity contribution in [3.8, 4) is 0 Å². The van der Waals surface area contributed by atoms with Gasteiger partial charge in [-0.25, -0.2) is 4.79 Å². The molecule has 0 spiro atoms. The minimum Gasteiger partial charge on any atom is -0.478 e. The molecule has 2 N–H and O–H groups in total. The minimum absolute atomic E-state index is 0.322. The molecule has 0 rings (SSSR count). The highest BCUT2D eigenvalue weighted by Crippen LogP contribution is 1.93. The molecule has 12 heavy (non-hydrogen) atoms. The van der Waals surface area contributed by atoms with E-state index in [0.29, 0.717) is 23.7 Å². The molecule has 0 saturated carbocycles. The Bertz CT molecular complexity index is 211. The van der Waals surface area contributed by atoms with Crippen LogP contribution < -0.4 is 5.32 Å². The van der Waals surface area contributed by atoms with Gasteiger partial charge in [0.15, 0.2) is 0 Å². The van der Waals surface area contributed by atoms with Gasteiger partial charge < -0.3 is 10.4 Å². The minimum atomic E-state index is -0.901. The van der Waals surface area contributed by atoms with Crippen LogP contribution in [0.4, 0.5) is 0 Å². The summed E-state index contributed by atoms with van der Waals surface area (Å²) in [5.74, 6) is -0.901. The predicted octanol–water partition coefficient (Wildman–Crippen LogP) is 1.36. The largest absolute Gasteiger partial charge is 0.478 e. The van der Waals surface area contributed by atoms with Gasteiger partial charge in [0.1, 0.15) is 0 Å². The fourth-order valence-corrected chi connectivity index (χ4v) is 0.615. The Hall–Kier alpha value is -0.800. The number of carboxylic acid groups (broad SMARTS) is 1. The van der Waals surface area contributed by atoms with Crippen molar-refractivity contribution in [3.63, 3.8) is 0 Å². The van der Waals surface area contributed by atoms with Gasteiger partial charge in [-0.15, -0.1) is 0 Å². The lowest BCUT2D eigenvalue weighted by Gasteiger charge is -1.98. The molecule has 68 valence electrons. The second kappa shape index (κ2) is 5.80. The predicted molar refractivity (Wildman–Crippen MR) is 49.3 cm³/mol. The topological polar surface area (TPSA) is 49.3 Å². The summed E-state index contributed by atoms with van der Waals surface area (Å²) in [6, 6.07) is 0. The lowest BCUT2D eigenvalue weighted by Crippen LogP contribution is -2.15. The molecule has 0 aliphatic rings. The third-order valence-corrected chi connectivity index (χ3v) is 1.34. The first-order valence-electron chi connectivity index (χ1n) is 3.48. The Kier molecular flexibility index (Phi) is 5.41. The molecular formula is C8H12ClNO2. The van der Waals surface area contributed by atoms with E-state index in [4.69, 9.17) is 16.7 Å². The van der Waals surface area contributed by atoms with Crippen LogP contribution in [0.25, 0.3) is 0 Å². The third-order valence-electron chi connectivity index (χ3n) is 1.21. The van der Waals surface area contributed by atoms with Crippen LogP contribution >= 0.6 is 11.6 Å². The Morgan fingerprint density at radius 1 is 1.75 bits per heavy atom. The summed E-state index contributed by atoms with van der Waals surface area (Å²) < 4.78 is 0. The maximum absolute atomic E-state index is 10.3. The summed E-state index contributed by atoms with van der Waals surface area (Å²) in [5.41, 5.74) is 0.322. The maximum atomic E-state index is 10.3. The van der Waals surface area contributed by atoms with Crippen LogP contribution in [-0.2, 0) is 4.79 Å². The molecule has 0 aromatic carbocycles. The molecule has 0 heterocycles. The quantitative estimate of drug-likeness (QED) is 0.507. The van der Waals surface area contributed by atoms with E-state index >= 15 is 0 Å². The average Bonchev–Trinajstić information content (AvgIpc) is 1.97. The van der Waals surface area contributed by atoms with Gasteiger partial charge in [0.05, 0.1) is 0 Å². The molecule has 0 amide bonds. The molecular weight excluding hydrogens is 178 g/mol. The average molecular weight is 190 g/mol. The van der Waals surface area contributed by atoms with Crippen molar-refractivity contribution in [3.05, 3.63) is 23.3 Å². The highest BCUT2D eigenvalue weighted by molar-refractivity contribution is 6.29. The second-order valence-corrected chi connectivity index (χ2v) is 2.87. The number of hydrogen-bond acceptors (Lipinski definition) is 2. The van der Waals surface area contributed by atoms with Crippen LogP contribution in [0.15, 0.2) is 23.3 Å². The highest BCUT2D eigenvalue weighted by atomic mass is 35.5. The van der Waals surface area contributed by atoms with Crippen molar-refractivity contribution in [2.75, 3.05) is 13.1 Å². The first-order chi connectivity index (χ1) is 5.54. The summed E-state index contributed by atoms with van der Waals surface area (Å²) in [7, 11) is 0. The molecule has 0 aromatic rings. The Labute approximate surface area is 76.7 Å². The molecule has 0 atom stereocenters. The number of nitrogens with one attached hydrogen (secondary N) is 1. The number of rotatable bonds is 5. The lowest BCUT2D eigenvalue weighted by atomic mass is 10.3. The van der Waals surface area contributed by atoms with Gasteiger partial charge in [0, 0.05) is 23.7 Å². The van der Waals surface area contributed by atoms with Crippen molar-refractivity contribution < 1.29 is 9.90 Å². The fraction of sp³-hybridized carbons (Fsp3) is 0.375. The molecule has 0 fully saturated rings. The van der Waals surface area contributed by atoms with E-state index in [1.54, 1.807) is 13.0 Å². The third kappa shape index (κ3) is 5.95. The van der Waals surface area contributed by atoms with Gasteiger partial charge in [0.2, 0.25) is 0 Å². The van der Waals surface area contributed by atoms with Crippen molar-refractivity contribution in [1.29, 1.82) is 0 Å². The lowest BCUT2D eigenvalue weighted by molar-refractivity contribution is -0.132. The van der Waals surface area contributed by atoms with Crippen molar-refractivity contribution in [1.82, 2.24) is 5.32 Å². The van der Waals surface area contributed by atoms with Crippen LogP contribution in [0.3, 0.4) is 0 Å². The van der Waals surface area contributed by atoms with Crippen LogP contribution in [0.1, 0.15) is 6.92 Å². The van der Waals surface area contributed by atoms with E-state index in [2.05, 4.69) is 11.9 Å². The molecule has 0 unspecified atom stereocenters. The van der Waals surface area contributed by atoms with Gasteiger partial charge >= 0.3 is 5.97 Å². The smallest absolute Gasteiger partial charge is 0.330 e. The van der Waals surface area contributed by atoms with Crippen LogP contribution in [-0.4, -0.2) is 24.2 Å². The standard InChI is InChI=1S/C8H12ClNO2/c1-6(8(11)12)3-4-10-5-7(2)9/h3,10H,2,4-5H2,1H3,(H,11,12). The number of carboxylic acids is 1. The van der Waals surface area contributed by atoms with Crippen molar-refractivity contribution >= 4 is 17.6 Å². The summed E-state index contributed by atoms with van der Waals surface area (Å²) in [5, 5.41) is 11.9. The van der Waals surface area contributed by atoms with Crippen LogP contribution in [0.5, 0.6) is 0 Å². The Morgan fingerprint density at radius 2 is 2.33 bits per heavy atom. The van der Waals surface area contributed by atoms with E-state index in [0.717, 1.165) is 0 Å². The molecule has 0 aliphatic carbocycles. The SMILES string of the molecule is C=C(Cl)CNCC=C(C)C(=O)O. The molecule has 0 aliphatic heterocycles. The zero-order valence-electron chi connectivity index (χ0n) is 6.93. The molecule has 0 aromatic heterocycles. The second-order valence-electron chi connectivity index (χ2n) is 2.34. The zero-order valence-corrected chi connectivity index (χ0v) is 7.69. The Balaban J connectivity index is 3.60. The molecule has 0 saturated heterocycles. The van der Waals surface area contributed by atoms with Gasteiger partial charge in [-0.2, -0.15) is 0 Å². The monoisotopic (exact) mass is 189 g/mol. The summed E-state index contributed by atoms with van der Waals surface area (Å²) in [4.78, 5) is 10.3. The maximum Gasteiger partial charge on any atom is 0.330 e. The molecule has 0 radical (unpaired) electrons. The van der Waals surface area contributed by atoms with Gasteiger partial charge in [-0.1, -0.05) is 24.3 Å². The van der Waals surface area contributed by atoms with E-state index in [9.17, 15) is 4.79 Å². The number of aliphatic carboxylic acids is 1. The number of carbonyl (C=O) groups is 1. The van der Waals surface area contributed by atoms with Gasteiger partial charge in [-0.3, -0.25) is 0 Å². The van der Waals surface area contributed by atoms with E-state index in [-0.39, 0.29) is 0 Å². The first-order valence-corrected chi connectivity index (χ1v) is 3.86. The van der Waals surface area contributed by atoms with Gasteiger partial charge in [0.25, 0.3) is 0 Å². The summed E-state index contributed by atoms with van der Waals surface area (Å²) in [6.07, 6.45) is 1.59. The van der Waals surface area contributed by atoms with E-state index in [1.165, 1.54) is 0 Å². The molecule has 3 nitrogen and oxygen atoms in total.